The van der Waals surface area contributed by atoms with E-state index in [1.807, 2.05) is 18.2 Å². The lowest BCUT2D eigenvalue weighted by molar-refractivity contribution is -0.107. The van der Waals surface area contributed by atoms with E-state index >= 15 is 0 Å². The molecule has 0 radical (unpaired) electrons. The molecule has 1 aliphatic heterocycles. The molecule has 0 fully saturated rings. The molecule has 1 aromatic rings. The first-order chi connectivity index (χ1) is 5.90. The molecule has 0 aliphatic carbocycles. The van der Waals surface area contributed by atoms with Gasteiger partial charge in [-0.3, -0.25) is 0 Å². The normalized spacial score (nSPS) is 13.7. The number of fused-ring (bicyclic) bond motifs is 1. The smallest absolute Gasteiger partial charge is 0.124 e. The van der Waals surface area contributed by atoms with E-state index < -0.39 is 0 Å². The van der Waals surface area contributed by atoms with Crippen LogP contribution in [0.4, 0.5) is 0 Å². The summed E-state index contributed by atoms with van der Waals surface area (Å²) in [6, 6.07) is 5.99. The highest BCUT2D eigenvalue weighted by Crippen LogP contribution is 2.25. The number of ether oxygens (including phenoxy) is 1. The van der Waals surface area contributed by atoms with Gasteiger partial charge in [-0.2, -0.15) is 0 Å². The van der Waals surface area contributed by atoms with Crippen LogP contribution >= 0.6 is 0 Å². The Kier molecular flexibility index (Phi) is 1.82. The average molecular weight is 162 g/mol. The summed E-state index contributed by atoms with van der Waals surface area (Å²) in [4.78, 5) is 10.2. The van der Waals surface area contributed by atoms with E-state index in [4.69, 9.17) is 4.74 Å². The van der Waals surface area contributed by atoms with E-state index in [0.717, 1.165) is 30.6 Å². The molecule has 2 nitrogen and oxygen atoms in total. The van der Waals surface area contributed by atoms with Crippen LogP contribution in [0.2, 0.25) is 0 Å². The maximum absolute atomic E-state index is 10.2. The van der Waals surface area contributed by atoms with Crippen molar-refractivity contribution in [2.75, 3.05) is 6.61 Å². The van der Waals surface area contributed by atoms with E-state index in [0.29, 0.717) is 6.42 Å². The van der Waals surface area contributed by atoms with Crippen molar-refractivity contribution < 1.29 is 9.53 Å². The Hall–Kier alpha value is -1.31. The molecule has 1 heterocycles. The molecule has 62 valence electrons. The molecule has 0 N–H and O–H groups in total. The minimum Gasteiger partial charge on any atom is -0.493 e. The molecule has 1 aliphatic rings. The Morgan fingerprint density at radius 1 is 1.50 bits per heavy atom. The van der Waals surface area contributed by atoms with Gasteiger partial charge in [-0.05, 0) is 17.2 Å². The van der Waals surface area contributed by atoms with Crippen LogP contribution in [-0.4, -0.2) is 12.9 Å². The molecule has 2 heteroatoms. The fourth-order valence-corrected chi connectivity index (χ4v) is 1.43. The van der Waals surface area contributed by atoms with Crippen molar-refractivity contribution in [3.63, 3.8) is 0 Å². The quantitative estimate of drug-likeness (QED) is 0.614. The van der Waals surface area contributed by atoms with Crippen molar-refractivity contribution in [3.05, 3.63) is 29.3 Å². The lowest BCUT2D eigenvalue weighted by atomic mass is 10.1. The van der Waals surface area contributed by atoms with Gasteiger partial charge >= 0.3 is 0 Å². The van der Waals surface area contributed by atoms with Gasteiger partial charge < -0.3 is 9.53 Å². The highest BCUT2D eigenvalue weighted by molar-refractivity contribution is 5.56. The minimum absolute atomic E-state index is 0.483. The summed E-state index contributed by atoms with van der Waals surface area (Å²) in [5.41, 5.74) is 2.29. The SMILES string of the molecule is O=CCc1ccc2c(c1)OCC2. The molecule has 0 amide bonds. The van der Waals surface area contributed by atoms with Crippen LogP contribution in [0.15, 0.2) is 18.2 Å². The molecule has 0 atom stereocenters. The van der Waals surface area contributed by atoms with Crippen LogP contribution in [0.1, 0.15) is 11.1 Å². The van der Waals surface area contributed by atoms with Gasteiger partial charge in [-0.1, -0.05) is 12.1 Å². The Morgan fingerprint density at radius 2 is 2.42 bits per heavy atom. The predicted molar refractivity (Wildman–Crippen MR) is 45.4 cm³/mol. The summed E-state index contributed by atoms with van der Waals surface area (Å²) < 4.78 is 5.37. The first kappa shape index (κ1) is 7.35. The molecule has 1 aromatic carbocycles. The zero-order valence-corrected chi connectivity index (χ0v) is 6.75. The van der Waals surface area contributed by atoms with Gasteiger partial charge in [0.25, 0.3) is 0 Å². The van der Waals surface area contributed by atoms with Crippen LogP contribution in [-0.2, 0) is 17.6 Å². The number of carbonyl (C=O) groups is 1. The van der Waals surface area contributed by atoms with Crippen LogP contribution < -0.4 is 4.74 Å². The predicted octanol–water partition coefficient (Wildman–Crippen LogP) is 1.36. The van der Waals surface area contributed by atoms with Gasteiger partial charge in [0.15, 0.2) is 0 Å². The average Bonchev–Trinajstić information content (AvgIpc) is 2.51. The Bertz CT molecular complexity index is 305. The number of hydrogen-bond acceptors (Lipinski definition) is 2. The molecule has 0 spiro atoms. The maximum atomic E-state index is 10.2. The van der Waals surface area contributed by atoms with Crippen molar-refractivity contribution in [2.24, 2.45) is 0 Å². The van der Waals surface area contributed by atoms with Gasteiger partial charge in [0.2, 0.25) is 0 Å². The molecular formula is C10H10O2. The van der Waals surface area contributed by atoms with Gasteiger partial charge in [-0.25, -0.2) is 0 Å². The first-order valence-corrected chi connectivity index (χ1v) is 4.08. The molecule has 0 unspecified atom stereocenters. The second-order valence-electron chi connectivity index (χ2n) is 2.91. The highest BCUT2D eigenvalue weighted by atomic mass is 16.5. The lowest BCUT2D eigenvalue weighted by Gasteiger charge is -2.00. The van der Waals surface area contributed by atoms with E-state index in [2.05, 4.69) is 0 Å². The Balaban J connectivity index is 2.32. The number of aldehydes is 1. The van der Waals surface area contributed by atoms with Crippen LogP contribution in [0.3, 0.4) is 0 Å². The molecule has 2 rings (SSSR count). The Morgan fingerprint density at radius 3 is 3.25 bits per heavy atom. The fraction of sp³-hybridized carbons (Fsp3) is 0.300. The van der Waals surface area contributed by atoms with E-state index in [1.165, 1.54) is 5.56 Å². The van der Waals surface area contributed by atoms with Crippen molar-refractivity contribution >= 4 is 6.29 Å². The zero-order valence-electron chi connectivity index (χ0n) is 6.75. The lowest BCUT2D eigenvalue weighted by Crippen LogP contribution is -1.88. The fourth-order valence-electron chi connectivity index (χ4n) is 1.43. The molecule has 0 saturated carbocycles. The number of hydrogen-bond donors (Lipinski definition) is 0. The van der Waals surface area contributed by atoms with Crippen molar-refractivity contribution in [2.45, 2.75) is 12.8 Å². The summed E-state index contributed by atoms with van der Waals surface area (Å²) in [6.07, 6.45) is 2.39. The summed E-state index contributed by atoms with van der Waals surface area (Å²) in [6.45, 7) is 0.778. The van der Waals surface area contributed by atoms with Crippen LogP contribution in [0, 0.1) is 0 Å². The molecule has 12 heavy (non-hydrogen) atoms. The number of carbonyl (C=O) groups excluding carboxylic acids is 1. The summed E-state index contributed by atoms with van der Waals surface area (Å²) in [5, 5.41) is 0. The van der Waals surface area contributed by atoms with Crippen LogP contribution in [0.25, 0.3) is 0 Å². The van der Waals surface area contributed by atoms with Gasteiger partial charge in [0.05, 0.1) is 6.61 Å². The second-order valence-corrected chi connectivity index (χ2v) is 2.91. The highest BCUT2D eigenvalue weighted by Gasteiger charge is 2.11. The van der Waals surface area contributed by atoms with E-state index in [1.54, 1.807) is 0 Å². The van der Waals surface area contributed by atoms with Crippen molar-refractivity contribution in [3.8, 4) is 5.75 Å². The third-order valence-electron chi connectivity index (χ3n) is 2.08. The third-order valence-corrected chi connectivity index (χ3v) is 2.08. The summed E-state index contributed by atoms with van der Waals surface area (Å²) in [7, 11) is 0. The maximum Gasteiger partial charge on any atom is 0.124 e. The number of benzene rings is 1. The first-order valence-electron chi connectivity index (χ1n) is 4.08. The summed E-state index contributed by atoms with van der Waals surface area (Å²) in [5.74, 6) is 0.953. The standard InChI is InChI=1S/C10H10O2/c11-5-3-8-1-2-9-4-6-12-10(9)7-8/h1-2,5,7H,3-4,6H2. The van der Waals surface area contributed by atoms with Gasteiger partial charge in [0.1, 0.15) is 12.0 Å². The van der Waals surface area contributed by atoms with Crippen molar-refractivity contribution in [1.82, 2.24) is 0 Å². The molecular weight excluding hydrogens is 152 g/mol. The van der Waals surface area contributed by atoms with Gasteiger partial charge in [0, 0.05) is 12.8 Å². The third kappa shape index (κ3) is 1.20. The zero-order chi connectivity index (χ0) is 8.39. The van der Waals surface area contributed by atoms with E-state index in [-0.39, 0.29) is 0 Å². The molecule has 0 saturated heterocycles. The molecule has 0 aromatic heterocycles. The van der Waals surface area contributed by atoms with Gasteiger partial charge in [-0.15, -0.1) is 0 Å². The largest absolute Gasteiger partial charge is 0.493 e. The number of rotatable bonds is 2. The Labute approximate surface area is 71.2 Å². The minimum atomic E-state index is 0.483. The van der Waals surface area contributed by atoms with Crippen LogP contribution in [0.5, 0.6) is 5.75 Å². The second kappa shape index (κ2) is 2.97. The summed E-state index contributed by atoms with van der Waals surface area (Å²) >= 11 is 0. The molecule has 0 bridgehead atoms. The van der Waals surface area contributed by atoms with E-state index in [9.17, 15) is 4.79 Å². The monoisotopic (exact) mass is 162 g/mol. The van der Waals surface area contributed by atoms with Crippen molar-refractivity contribution in [1.29, 1.82) is 0 Å². The topological polar surface area (TPSA) is 26.3 Å².